The first kappa shape index (κ1) is 14.5. The summed E-state index contributed by atoms with van der Waals surface area (Å²) < 4.78 is 0. The molecule has 1 fully saturated rings. The molecular weight excluding hydrogens is 300 g/mol. The molecular formula is C20H20N2S. The summed E-state index contributed by atoms with van der Waals surface area (Å²) in [6.45, 7) is 2.21. The van der Waals surface area contributed by atoms with E-state index < -0.39 is 0 Å². The van der Waals surface area contributed by atoms with Crippen molar-refractivity contribution in [3.05, 3.63) is 71.7 Å². The van der Waals surface area contributed by atoms with Gasteiger partial charge in [-0.3, -0.25) is 0 Å². The second kappa shape index (κ2) is 6.55. The summed E-state index contributed by atoms with van der Waals surface area (Å²) in [5.74, 6) is 0.609. The molecule has 2 heterocycles. The third kappa shape index (κ3) is 3.15. The minimum Gasteiger partial charge on any atom is -0.347 e. The molecule has 0 radical (unpaired) electrons. The Morgan fingerprint density at radius 2 is 1.74 bits per heavy atom. The van der Waals surface area contributed by atoms with Gasteiger partial charge >= 0.3 is 0 Å². The van der Waals surface area contributed by atoms with E-state index in [4.69, 9.17) is 0 Å². The van der Waals surface area contributed by atoms with Crippen molar-refractivity contribution in [2.45, 2.75) is 18.8 Å². The lowest BCUT2D eigenvalue weighted by atomic mass is 9.90. The van der Waals surface area contributed by atoms with Gasteiger partial charge < -0.3 is 4.90 Å². The highest BCUT2D eigenvalue weighted by atomic mass is 32.1. The maximum atomic E-state index is 4.47. The molecule has 116 valence electrons. The van der Waals surface area contributed by atoms with Gasteiger partial charge in [0.25, 0.3) is 0 Å². The van der Waals surface area contributed by atoms with Gasteiger partial charge in [0.2, 0.25) is 0 Å². The third-order valence-electron chi connectivity index (χ3n) is 4.60. The van der Waals surface area contributed by atoms with Gasteiger partial charge in [-0.25, -0.2) is 4.98 Å². The van der Waals surface area contributed by atoms with Crippen molar-refractivity contribution >= 4 is 16.5 Å². The van der Waals surface area contributed by atoms with Crippen molar-refractivity contribution in [1.82, 2.24) is 4.98 Å². The molecule has 4 rings (SSSR count). The van der Waals surface area contributed by atoms with Gasteiger partial charge in [0.05, 0.1) is 0 Å². The minimum atomic E-state index is 0.609. The van der Waals surface area contributed by atoms with Crippen LogP contribution in [-0.2, 0) is 0 Å². The van der Waals surface area contributed by atoms with Gasteiger partial charge in [-0.15, -0.1) is 11.3 Å². The number of rotatable bonds is 3. The molecule has 0 saturated carbocycles. The van der Waals surface area contributed by atoms with E-state index in [1.54, 1.807) is 11.3 Å². The average Bonchev–Trinajstić information content (AvgIpc) is 3.18. The normalized spacial score (nSPS) is 18.1. The summed E-state index contributed by atoms with van der Waals surface area (Å²) in [5, 5.41) is 3.23. The number of anilines is 1. The Labute approximate surface area is 141 Å². The second-order valence-corrected chi connectivity index (χ2v) is 6.96. The number of aromatic nitrogens is 1. The minimum absolute atomic E-state index is 0.609. The largest absolute Gasteiger partial charge is 0.347 e. The summed E-state index contributed by atoms with van der Waals surface area (Å²) in [6, 6.07) is 19.7. The zero-order valence-electron chi connectivity index (χ0n) is 13.1. The maximum absolute atomic E-state index is 4.47. The van der Waals surface area contributed by atoms with Crippen LogP contribution < -0.4 is 4.90 Å². The van der Waals surface area contributed by atoms with Gasteiger partial charge in [-0.05, 0) is 29.5 Å². The summed E-state index contributed by atoms with van der Waals surface area (Å²) in [5.41, 5.74) is 4.03. The van der Waals surface area contributed by atoms with E-state index in [2.05, 4.69) is 69.9 Å². The van der Waals surface area contributed by atoms with Crippen molar-refractivity contribution in [2.24, 2.45) is 0 Å². The molecule has 0 bridgehead atoms. The van der Waals surface area contributed by atoms with Crippen LogP contribution in [0.3, 0.4) is 0 Å². The van der Waals surface area contributed by atoms with Crippen molar-refractivity contribution in [3.63, 3.8) is 0 Å². The van der Waals surface area contributed by atoms with E-state index in [1.165, 1.54) is 29.5 Å². The molecule has 0 spiro atoms. The molecule has 0 aliphatic carbocycles. The summed E-state index contributed by atoms with van der Waals surface area (Å²) in [7, 11) is 0. The van der Waals surface area contributed by atoms with Crippen molar-refractivity contribution in [1.29, 1.82) is 0 Å². The van der Waals surface area contributed by atoms with E-state index in [0.717, 1.165) is 18.2 Å². The number of thiazole rings is 1. The standard InChI is InChI=1S/C20H20N2S/c1-2-5-16(6-3-1)17-8-10-18(11-9-17)19-7-4-13-22(15-19)20-21-12-14-23-20/h1-3,5-6,8-12,14,19H,4,7,13,15H2/t19-/m0/s1. The van der Waals surface area contributed by atoms with Crippen molar-refractivity contribution < 1.29 is 0 Å². The number of piperidine rings is 1. The van der Waals surface area contributed by atoms with E-state index >= 15 is 0 Å². The number of benzene rings is 2. The predicted molar refractivity (Wildman–Crippen MR) is 98.2 cm³/mol. The first-order valence-electron chi connectivity index (χ1n) is 8.20. The Kier molecular flexibility index (Phi) is 4.12. The number of hydrogen-bond donors (Lipinski definition) is 0. The van der Waals surface area contributed by atoms with E-state index in [1.807, 2.05) is 6.20 Å². The van der Waals surface area contributed by atoms with Gasteiger partial charge in [0.15, 0.2) is 5.13 Å². The summed E-state index contributed by atoms with van der Waals surface area (Å²) >= 11 is 1.74. The van der Waals surface area contributed by atoms with E-state index in [0.29, 0.717) is 5.92 Å². The third-order valence-corrected chi connectivity index (χ3v) is 5.43. The number of hydrogen-bond acceptors (Lipinski definition) is 3. The van der Waals surface area contributed by atoms with Crippen LogP contribution >= 0.6 is 11.3 Å². The molecule has 2 nitrogen and oxygen atoms in total. The SMILES string of the molecule is c1ccc(-c2ccc([C@H]3CCCN(c4nccs4)C3)cc2)cc1. The van der Waals surface area contributed by atoms with Gasteiger partial charge in [0, 0.05) is 30.6 Å². The van der Waals surface area contributed by atoms with Crippen LogP contribution in [0.15, 0.2) is 66.2 Å². The fraction of sp³-hybridized carbons (Fsp3) is 0.250. The molecule has 3 aromatic rings. The Morgan fingerprint density at radius 1 is 0.957 bits per heavy atom. The Hall–Kier alpha value is -2.13. The monoisotopic (exact) mass is 320 g/mol. The molecule has 0 unspecified atom stereocenters. The van der Waals surface area contributed by atoms with Gasteiger partial charge in [0.1, 0.15) is 0 Å². The molecule has 1 aromatic heterocycles. The highest BCUT2D eigenvalue weighted by Crippen LogP contribution is 2.31. The van der Waals surface area contributed by atoms with Crippen LogP contribution in [0.5, 0.6) is 0 Å². The average molecular weight is 320 g/mol. The Morgan fingerprint density at radius 3 is 2.48 bits per heavy atom. The molecule has 1 saturated heterocycles. The van der Waals surface area contributed by atoms with E-state index in [-0.39, 0.29) is 0 Å². The van der Waals surface area contributed by atoms with Crippen LogP contribution in [0.25, 0.3) is 11.1 Å². The highest BCUT2D eigenvalue weighted by molar-refractivity contribution is 7.13. The van der Waals surface area contributed by atoms with Gasteiger partial charge in [-0.2, -0.15) is 0 Å². The topological polar surface area (TPSA) is 16.1 Å². The van der Waals surface area contributed by atoms with Crippen LogP contribution in [0.2, 0.25) is 0 Å². The maximum Gasteiger partial charge on any atom is 0.185 e. The smallest absolute Gasteiger partial charge is 0.185 e. The second-order valence-electron chi connectivity index (χ2n) is 6.09. The Bertz CT molecular complexity index is 735. The molecule has 0 N–H and O–H groups in total. The van der Waals surface area contributed by atoms with E-state index in [9.17, 15) is 0 Å². The zero-order chi connectivity index (χ0) is 15.5. The van der Waals surface area contributed by atoms with Crippen LogP contribution in [-0.4, -0.2) is 18.1 Å². The van der Waals surface area contributed by atoms with Gasteiger partial charge in [-0.1, -0.05) is 54.6 Å². The molecule has 1 aliphatic heterocycles. The molecule has 2 aromatic carbocycles. The first-order valence-corrected chi connectivity index (χ1v) is 9.08. The fourth-order valence-corrected chi connectivity index (χ4v) is 4.05. The van der Waals surface area contributed by atoms with Crippen molar-refractivity contribution in [3.8, 4) is 11.1 Å². The highest BCUT2D eigenvalue weighted by Gasteiger charge is 2.22. The van der Waals surface area contributed by atoms with Crippen LogP contribution in [0, 0.1) is 0 Å². The lowest BCUT2D eigenvalue weighted by molar-refractivity contribution is 0.509. The zero-order valence-corrected chi connectivity index (χ0v) is 13.9. The fourth-order valence-electron chi connectivity index (χ4n) is 3.37. The lowest BCUT2D eigenvalue weighted by Crippen LogP contribution is -2.34. The van der Waals surface area contributed by atoms with Crippen LogP contribution in [0.1, 0.15) is 24.3 Å². The quantitative estimate of drug-likeness (QED) is 0.660. The van der Waals surface area contributed by atoms with Crippen LogP contribution in [0.4, 0.5) is 5.13 Å². The molecule has 3 heteroatoms. The summed E-state index contributed by atoms with van der Waals surface area (Å²) in [4.78, 5) is 6.90. The van der Waals surface area contributed by atoms with Crippen molar-refractivity contribution in [2.75, 3.05) is 18.0 Å². The molecule has 1 atom stereocenters. The lowest BCUT2D eigenvalue weighted by Gasteiger charge is -2.32. The summed E-state index contributed by atoms with van der Waals surface area (Å²) in [6.07, 6.45) is 4.41. The first-order chi connectivity index (χ1) is 11.4. The molecule has 23 heavy (non-hydrogen) atoms. The number of nitrogens with zero attached hydrogens (tertiary/aromatic N) is 2. The molecule has 1 aliphatic rings. The molecule has 0 amide bonds. The Balaban J connectivity index is 1.51. The predicted octanol–water partition coefficient (Wildman–Crippen LogP) is 5.19.